The number of alkyl carbamates (subject to hydrolysis) is 1. The highest BCUT2D eigenvalue weighted by molar-refractivity contribution is 7.33. The summed E-state index contributed by atoms with van der Waals surface area (Å²) in [6, 6.07) is -0.365. The van der Waals surface area contributed by atoms with Gasteiger partial charge >= 0.3 is 14.3 Å². The molecule has 4 unspecified atom stereocenters. The molecule has 0 bridgehead atoms. The lowest BCUT2D eigenvalue weighted by Gasteiger charge is -2.58. The number of nitrogens with one attached hydrogen (secondary N) is 1. The third-order valence-electron chi connectivity index (χ3n) is 14.2. The number of hydrogen-bond acceptors (Lipinski definition) is 8. The third kappa shape index (κ3) is 9.99. The molecule has 10 nitrogen and oxygen atoms in total. The first kappa shape index (κ1) is 41.6. The van der Waals surface area contributed by atoms with Crippen LogP contribution >= 0.6 is 8.25 Å². The van der Waals surface area contributed by atoms with Crippen molar-refractivity contribution in [1.29, 1.82) is 0 Å². The van der Waals surface area contributed by atoms with Crippen molar-refractivity contribution in [2.75, 3.05) is 32.9 Å². The van der Waals surface area contributed by atoms with Crippen LogP contribution in [0.25, 0.3) is 0 Å². The van der Waals surface area contributed by atoms with E-state index in [9.17, 15) is 19.3 Å². The topological polar surface area (TPSA) is 135 Å². The van der Waals surface area contributed by atoms with E-state index in [-0.39, 0.29) is 55.9 Å². The van der Waals surface area contributed by atoms with Crippen molar-refractivity contribution in [1.82, 2.24) is 10.2 Å². The largest absolute Gasteiger partial charge is 0.697 e. The molecule has 3 saturated carbocycles. The minimum atomic E-state index is -2.38. The van der Waals surface area contributed by atoms with E-state index in [0.29, 0.717) is 31.2 Å². The monoisotopic (exact) mass is 749 g/mol. The molecule has 3 N–H and O–H groups in total. The molecule has 0 radical (unpaired) electrons. The number of rotatable bonds is 18. The number of nitrogens with zero attached hydrogens (tertiary/aromatic N) is 1. The third-order valence-corrected chi connectivity index (χ3v) is 15.0. The normalized spacial score (nSPS) is 35.0. The molecule has 11 heteroatoms. The molecule has 11 atom stereocenters. The van der Waals surface area contributed by atoms with Crippen LogP contribution in [0.3, 0.4) is 0 Å². The Morgan fingerprint density at radius 1 is 1.02 bits per heavy atom. The van der Waals surface area contributed by atoms with Gasteiger partial charge in [-0.2, -0.15) is 0 Å². The van der Waals surface area contributed by atoms with Crippen molar-refractivity contribution in [3.8, 4) is 0 Å². The quantitative estimate of drug-likeness (QED) is 0.0724. The highest BCUT2D eigenvalue weighted by Crippen LogP contribution is 2.67. The predicted octanol–water partition coefficient (Wildman–Crippen LogP) is 8.33. The zero-order valence-electron chi connectivity index (χ0n) is 32.9. The Balaban J connectivity index is 1.00. The first-order valence-electron chi connectivity index (χ1n) is 20.8. The lowest BCUT2D eigenvalue weighted by molar-refractivity contribution is -0.133. The molecule has 5 rings (SSSR count). The summed E-state index contributed by atoms with van der Waals surface area (Å²) in [4.78, 5) is 27.2. The maximum absolute atomic E-state index is 12.9. The van der Waals surface area contributed by atoms with E-state index in [4.69, 9.17) is 18.9 Å². The van der Waals surface area contributed by atoms with E-state index in [1.807, 2.05) is 0 Å². The number of aliphatic hydroxyl groups excluding tert-OH is 2. The lowest BCUT2D eigenvalue weighted by atomic mass is 9.47. The molecule has 0 aromatic rings. The highest BCUT2D eigenvalue weighted by Gasteiger charge is 2.59. The predicted molar refractivity (Wildman–Crippen MR) is 203 cm³/mol. The second kappa shape index (κ2) is 18.8. The van der Waals surface area contributed by atoms with E-state index in [1.165, 1.54) is 56.9 Å². The van der Waals surface area contributed by atoms with E-state index in [2.05, 4.69) is 46.0 Å². The molecule has 52 heavy (non-hydrogen) atoms. The molecular formula is C41H70N2O8P+. The number of unbranched alkanes of at least 4 members (excludes halogenated alkanes) is 2. The number of amides is 2. The zero-order valence-corrected chi connectivity index (χ0v) is 33.8. The SMILES string of the molecule is CC(C)CCC[C@H](C)[C@H]1CCC2C3CC=C4C[C@@H](OC(=O)NCCCCCC(=O)N5C[C@H](O)C[C@H]5CO[P+](=O)OCCO)CC[C@]4(C)C3CC[C@@]21C. The molecule has 296 valence electrons. The molecule has 5 aliphatic rings. The van der Waals surface area contributed by atoms with Gasteiger partial charge in [-0.3, -0.25) is 4.79 Å². The summed E-state index contributed by atoms with van der Waals surface area (Å²) < 4.78 is 27.7. The van der Waals surface area contributed by atoms with Crippen LogP contribution in [0.5, 0.6) is 0 Å². The van der Waals surface area contributed by atoms with Crippen LogP contribution in [0.2, 0.25) is 0 Å². The van der Waals surface area contributed by atoms with Gasteiger partial charge in [0.25, 0.3) is 0 Å². The maximum Gasteiger partial charge on any atom is 0.697 e. The van der Waals surface area contributed by atoms with Crippen molar-refractivity contribution in [2.45, 2.75) is 156 Å². The molecule has 1 saturated heterocycles. The first-order valence-corrected chi connectivity index (χ1v) is 21.9. The Morgan fingerprint density at radius 2 is 1.83 bits per heavy atom. The summed E-state index contributed by atoms with van der Waals surface area (Å²) in [6.45, 7) is 12.8. The maximum atomic E-state index is 12.9. The van der Waals surface area contributed by atoms with Crippen LogP contribution in [0.15, 0.2) is 11.6 Å². The minimum Gasteiger partial charge on any atom is -0.446 e. The molecule has 4 fully saturated rings. The van der Waals surface area contributed by atoms with Gasteiger partial charge in [-0.1, -0.05) is 72.0 Å². The number of carbonyl (C=O) groups excluding carboxylic acids is 2. The van der Waals surface area contributed by atoms with Gasteiger partial charge in [-0.15, -0.1) is 9.05 Å². The highest BCUT2D eigenvalue weighted by atomic mass is 31.1. The van der Waals surface area contributed by atoms with Gasteiger partial charge in [0.15, 0.2) is 0 Å². The van der Waals surface area contributed by atoms with E-state index in [1.54, 1.807) is 4.90 Å². The fourth-order valence-electron chi connectivity index (χ4n) is 11.5. The number of β-amino-alcohol motifs (C(OH)–C–C–N with tert-alkyl or cyclic N) is 1. The number of likely N-dealkylation sites (tertiary alicyclic amines) is 1. The molecule has 2 amide bonds. The van der Waals surface area contributed by atoms with E-state index < -0.39 is 14.4 Å². The van der Waals surface area contributed by atoms with Crippen molar-refractivity contribution >= 4 is 20.3 Å². The van der Waals surface area contributed by atoms with E-state index in [0.717, 1.165) is 67.6 Å². The number of ether oxygens (including phenoxy) is 1. The summed E-state index contributed by atoms with van der Waals surface area (Å²) >= 11 is 0. The van der Waals surface area contributed by atoms with Gasteiger partial charge in [-0.25, -0.2) is 4.79 Å². The van der Waals surface area contributed by atoms with Crippen LogP contribution in [0, 0.1) is 46.3 Å². The molecule has 0 aromatic carbocycles. The molecule has 4 aliphatic carbocycles. The number of hydrogen-bond donors (Lipinski definition) is 3. The van der Waals surface area contributed by atoms with Gasteiger partial charge in [0.2, 0.25) is 5.91 Å². The summed E-state index contributed by atoms with van der Waals surface area (Å²) in [7, 11) is -2.38. The van der Waals surface area contributed by atoms with Crippen LogP contribution in [-0.4, -0.2) is 78.3 Å². The Labute approximate surface area is 314 Å². The summed E-state index contributed by atoms with van der Waals surface area (Å²) in [6.07, 6.45) is 18.1. The molecule has 0 spiro atoms. The van der Waals surface area contributed by atoms with Gasteiger partial charge < -0.3 is 25.2 Å². The van der Waals surface area contributed by atoms with E-state index >= 15 is 0 Å². The molecule has 1 aliphatic heterocycles. The fourth-order valence-corrected chi connectivity index (χ4v) is 12.1. The smallest absolute Gasteiger partial charge is 0.446 e. The Morgan fingerprint density at radius 3 is 2.60 bits per heavy atom. The molecular weight excluding hydrogens is 679 g/mol. The Bertz CT molecular complexity index is 1250. The van der Waals surface area contributed by atoms with Gasteiger partial charge in [-0.05, 0) is 111 Å². The van der Waals surface area contributed by atoms with Crippen molar-refractivity contribution in [2.24, 2.45) is 46.3 Å². The summed E-state index contributed by atoms with van der Waals surface area (Å²) in [5.74, 6) is 4.82. The fraction of sp³-hybridized carbons (Fsp3) is 0.902. The van der Waals surface area contributed by atoms with Gasteiger partial charge in [0.1, 0.15) is 19.3 Å². The van der Waals surface area contributed by atoms with Crippen molar-refractivity contribution in [3.63, 3.8) is 0 Å². The Hall–Kier alpha value is -1.58. The second-order valence-corrected chi connectivity index (χ2v) is 18.9. The minimum absolute atomic E-state index is 0.00662. The molecule has 0 aromatic heterocycles. The second-order valence-electron chi connectivity index (χ2n) is 18.0. The average molecular weight is 750 g/mol. The number of aliphatic hydroxyl groups is 2. The summed E-state index contributed by atoms with van der Waals surface area (Å²) in [5.41, 5.74) is 2.25. The van der Waals surface area contributed by atoms with Gasteiger partial charge in [0, 0.05) is 30.5 Å². The zero-order chi connectivity index (χ0) is 37.5. The van der Waals surface area contributed by atoms with Gasteiger partial charge in [0.05, 0.1) is 18.8 Å². The first-order chi connectivity index (χ1) is 24.9. The number of allylic oxidation sites excluding steroid dienone is 1. The van der Waals surface area contributed by atoms with Crippen LogP contribution in [0.1, 0.15) is 137 Å². The number of fused-ring (bicyclic) bond motifs is 5. The standard InChI is InChI=1S/C41H69N2O8P/c1-28(2)10-9-11-29(3)35-15-16-36-34-14-13-30-24-33(17-19-40(30,4)37(34)18-20-41(35,36)5)51-39(47)42-21-8-6-7-12-38(46)43-26-32(45)25-31(43)27-50-52(48)49-23-22-44/h13,28-29,31-37,44-45H,6-12,14-27H2,1-5H3/p+1/t29-,31-,32+,33-,34?,35+,36?,37?,40-,41+/m0/s1. The average Bonchev–Trinajstić information content (AvgIpc) is 3.66. The van der Waals surface area contributed by atoms with Crippen LogP contribution < -0.4 is 5.32 Å². The van der Waals surface area contributed by atoms with Crippen molar-refractivity contribution < 1.29 is 38.2 Å². The van der Waals surface area contributed by atoms with Crippen LogP contribution in [-0.2, 0) is 23.1 Å². The van der Waals surface area contributed by atoms with Crippen LogP contribution in [0.4, 0.5) is 4.79 Å². The number of carbonyl (C=O) groups is 2. The molecule has 1 heterocycles. The van der Waals surface area contributed by atoms with Crippen molar-refractivity contribution in [3.05, 3.63) is 11.6 Å². The lowest BCUT2D eigenvalue weighted by Crippen LogP contribution is -2.51. The summed E-state index contributed by atoms with van der Waals surface area (Å²) in [5, 5.41) is 21.8. The Kier molecular flexibility index (Phi) is 15.1.